The molecule has 4 unspecified atom stereocenters. The normalized spacial score (nSPS) is 33.6. The summed E-state index contributed by atoms with van der Waals surface area (Å²) in [4.78, 5) is 22.7. The predicted molar refractivity (Wildman–Crippen MR) is 114 cm³/mol. The Morgan fingerprint density at radius 1 is 1.20 bits per heavy atom. The number of carbonyl (C=O) groups excluding carboxylic acids is 1. The van der Waals surface area contributed by atoms with Gasteiger partial charge in [-0.05, 0) is 62.5 Å². The van der Waals surface area contributed by atoms with Crippen molar-refractivity contribution >= 4 is 11.7 Å². The van der Waals surface area contributed by atoms with E-state index in [-0.39, 0.29) is 11.9 Å². The van der Waals surface area contributed by atoms with Gasteiger partial charge in [0.05, 0.1) is 43.2 Å². The summed E-state index contributed by atoms with van der Waals surface area (Å²) in [5.41, 5.74) is 4.54. The van der Waals surface area contributed by atoms with E-state index < -0.39 is 0 Å². The Morgan fingerprint density at radius 2 is 2.03 bits per heavy atom. The van der Waals surface area contributed by atoms with Gasteiger partial charge in [0.25, 0.3) is 5.91 Å². The Morgan fingerprint density at radius 3 is 2.77 bits per heavy atom. The first-order chi connectivity index (χ1) is 14.5. The number of pyridine rings is 1. The molecule has 4 atom stereocenters. The average Bonchev–Trinajstić information content (AvgIpc) is 3.58. The number of nitrogens with zero attached hydrogens (tertiary/aromatic N) is 3. The molecule has 2 saturated carbocycles. The third-order valence-electron chi connectivity index (χ3n) is 8.30. The number of carbonyl (C=O) groups is 1. The number of piperidine rings is 1. The Hall–Kier alpha value is -1.66. The zero-order valence-electron chi connectivity index (χ0n) is 18.4. The first-order valence-corrected chi connectivity index (χ1v) is 11.7. The van der Waals surface area contributed by atoms with Gasteiger partial charge >= 0.3 is 0 Å². The fourth-order valence-corrected chi connectivity index (χ4v) is 5.70. The first-order valence-electron chi connectivity index (χ1n) is 11.7. The summed E-state index contributed by atoms with van der Waals surface area (Å²) in [5, 5.41) is 0. The number of hydrogen-bond acceptors (Lipinski definition) is 5. The van der Waals surface area contributed by atoms with E-state index in [1.54, 1.807) is 0 Å². The van der Waals surface area contributed by atoms with E-state index in [0.29, 0.717) is 36.6 Å². The minimum absolute atomic E-state index is 0.144. The molecule has 1 aromatic rings. The number of aromatic nitrogens is 1. The maximum Gasteiger partial charge on any atom is 0.256 e. The zero-order valence-corrected chi connectivity index (χ0v) is 18.4. The topological polar surface area (TPSA) is 54.9 Å². The van der Waals surface area contributed by atoms with Gasteiger partial charge in [-0.1, -0.05) is 6.92 Å². The summed E-state index contributed by atoms with van der Waals surface area (Å²) < 4.78 is 11.9. The quantitative estimate of drug-likeness (QED) is 0.745. The summed E-state index contributed by atoms with van der Waals surface area (Å²) in [6.07, 6.45) is 6.28. The van der Waals surface area contributed by atoms with Gasteiger partial charge in [0.15, 0.2) is 0 Å². The average molecular weight is 412 g/mol. The molecule has 162 valence electrons. The highest BCUT2D eigenvalue weighted by atomic mass is 16.5. The van der Waals surface area contributed by atoms with Crippen LogP contribution in [0.25, 0.3) is 0 Å². The van der Waals surface area contributed by atoms with E-state index in [0.717, 1.165) is 55.2 Å². The van der Waals surface area contributed by atoms with Crippen molar-refractivity contribution in [2.75, 3.05) is 31.3 Å². The van der Waals surface area contributed by atoms with Gasteiger partial charge in [0.2, 0.25) is 0 Å². The van der Waals surface area contributed by atoms with Crippen LogP contribution in [0.5, 0.6) is 0 Å². The molecule has 5 aliphatic rings. The van der Waals surface area contributed by atoms with Gasteiger partial charge in [-0.3, -0.25) is 4.79 Å². The van der Waals surface area contributed by atoms with Crippen LogP contribution in [0.15, 0.2) is 0 Å². The maximum absolute atomic E-state index is 13.1. The molecule has 0 spiro atoms. The summed E-state index contributed by atoms with van der Waals surface area (Å²) in [7, 11) is 0. The van der Waals surface area contributed by atoms with Crippen molar-refractivity contribution in [3.8, 4) is 0 Å². The summed E-state index contributed by atoms with van der Waals surface area (Å²) >= 11 is 0. The molecular formula is C24H33N3O3. The lowest BCUT2D eigenvalue weighted by atomic mass is 10.0. The molecule has 2 aliphatic carbocycles. The highest BCUT2D eigenvalue weighted by molar-refractivity contribution is 6.00. The van der Waals surface area contributed by atoms with Crippen LogP contribution < -0.4 is 4.90 Å². The number of ether oxygens (including phenoxy) is 2. The largest absolute Gasteiger partial charge is 0.379 e. The van der Waals surface area contributed by atoms with E-state index in [1.165, 1.54) is 24.8 Å². The van der Waals surface area contributed by atoms with Crippen molar-refractivity contribution in [2.45, 2.75) is 77.6 Å². The van der Waals surface area contributed by atoms with Crippen LogP contribution in [0.4, 0.5) is 5.82 Å². The summed E-state index contributed by atoms with van der Waals surface area (Å²) in [6.45, 7) is 10.5. The first kappa shape index (κ1) is 19.1. The van der Waals surface area contributed by atoms with Gasteiger partial charge in [-0.25, -0.2) is 4.98 Å². The van der Waals surface area contributed by atoms with E-state index in [1.807, 2.05) is 4.90 Å². The van der Waals surface area contributed by atoms with Crippen LogP contribution in [-0.2, 0) is 16.0 Å². The minimum Gasteiger partial charge on any atom is -0.379 e. The second kappa shape index (κ2) is 6.67. The lowest BCUT2D eigenvalue weighted by Gasteiger charge is -2.34. The number of hydrogen-bond donors (Lipinski definition) is 0. The molecule has 3 aliphatic heterocycles. The van der Waals surface area contributed by atoms with Crippen molar-refractivity contribution in [2.24, 2.45) is 11.3 Å². The Balaban J connectivity index is 1.21. The van der Waals surface area contributed by atoms with Crippen LogP contribution in [-0.4, -0.2) is 60.3 Å². The highest BCUT2D eigenvalue weighted by Crippen LogP contribution is 2.50. The van der Waals surface area contributed by atoms with Gasteiger partial charge in [0.1, 0.15) is 5.82 Å². The SMILES string of the molecule is Cc1c(N2CCC(OCC3(C)CC3)C3CC32)nc2c(c1C)C(=O)N(C1CCOC1)C2. The number of amides is 1. The monoisotopic (exact) mass is 411 g/mol. The highest BCUT2D eigenvalue weighted by Gasteiger charge is 2.52. The summed E-state index contributed by atoms with van der Waals surface area (Å²) in [5.74, 6) is 1.89. The van der Waals surface area contributed by atoms with Crippen LogP contribution >= 0.6 is 0 Å². The second-order valence-electron chi connectivity index (χ2n) is 10.6. The fourth-order valence-electron chi connectivity index (χ4n) is 5.70. The lowest BCUT2D eigenvalue weighted by Crippen LogP contribution is -2.40. The third-order valence-corrected chi connectivity index (χ3v) is 8.30. The molecule has 6 nitrogen and oxygen atoms in total. The molecular weight excluding hydrogens is 378 g/mol. The van der Waals surface area contributed by atoms with E-state index in [2.05, 4.69) is 25.7 Å². The Kier molecular flexibility index (Phi) is 4.24. The van der Waals surface area contributed by atoms with Crippen LogP contribution in [0.3, 0.4) is 0 Å². The van der Waals surface area contributed by atoms with Gasteiger partial charge in [-0.2, -0.15) is 0 Å². The van der Waals surface area contributed by atoms with Gasteiger partial charge in [0, 0.05) is 25.1 Å². The second-order valence-corrected chi connectivity index (χ2v) is 10.6. The van der Waals surface area contributed by atoms with E-state index in [9.17, 15) is 4.79 Å². The molecule has 30 heavy (non-hydrogen) atoms. The smallest absolute Gasteiger partial charge is 0.256 e. The maximum atomic E-state index is 13.1. The molecule has 0 bridgehead atoms. The molecule has 4 heterocycles. The fraction of sp³-hybridized carbons (Fsp3) is 0.750. The van der Waals surface area contributed by atoms with Crippen LogP contribution in [0.1, 0.15) is 66.2 Å². The van der Waals surface area contributed by atoms with Gasteiger partial charge < -0.3 is 19.3 Å². The lowest BCUT2D eigenvalue weighted by molar-refractivity contribution is 0.00311. The Bertz CT molecular complexity index is 890. The van der Waals surface area contributed by atoms with Crippen molar-refractivity contribution in [3.05, 3.63) is 22.4 Å². The van der Waals surface area contributed by atoms with E-state index >= 15 is 0 Å². The number of rotatable bonds is 5. The van der Waals surface area contributed by atoms with Crippen LogP contribution in [0, 0.1) is 25.2 Å². The summed E-state index contributed by atoms with van der Waals surface area (Å²) in [6, 6.07) is 0.750. The van der Waals surface area contributed by atoms with Crippen molar-refractivity contribution in [1.29, 1.82) is 0 Å². The predicted octanol–water partition coefficient (Wildman–Crippen LogP) is 3.23. The van der Waals surface area contributed by atoms with Crippen molar-refractivity contribution < 1.29 is 14.3 Å². The van der Waals surface area contributed by atoms with Crippen molar-refractivity contribution in [3.63, 3.8) is 0 Å². The molecule has 1 aromatic heterocycles. The Labute approximate surface area is 178 Å². The molecule has 2 saturated heterocycles. The minimum atomic E-state index is 0.144. The molecule has 1 amide bonds. The molecule has 0 radical (unpaired) electrons. The number of anilines is 1. The van der Waals surface area contributed by atoms with Crippen LogP contribution in [0.2, 0.25) is 0 Å². The third kappa shape index (κ3) is 2.98. The molecule has 4 fully saturated rings. The van der Waals surface area contributed by atoms with Gasteiger partial charge in [-0.15, -0.1) is 0 Å². The molecule has 6 rings (SSSR count). The van der Waals surface area contributed by atoms with E-state index in [4.69, 9.17) is 14.5 Å². The number of fused-ring (bicyclic) bond motifs is 2. The van der Waals surface area contributed by atoms with Crippen molar-refractivity contribution in [1.82, 2.24) is 9.88 Å². The standard InChI is InChI=1S/C24H33N3O3/c1-14-15(2)22(25-18-11-27(23(28)21(14)18)16-5-9-29-12-16)26-8-4-20(17-10-19(17)26)30-13-24(3)6-7-24/h16-17,19-20H,4-13H2,1-3H3. The molecule has 6 heteroatoms. The molecule has 0 N–H and O–H groups in total. The zero-order chi connectivity index (χ0) is 20.6. The molecule has 0 aromatic carbocycles.